The average molecular weight is 334 g/mol. The second-order valence-electron chi connectivity index (χ2n) is 8.23. The van der Waals surface area contributed by atoms with E-state index in [1.165, 1.54) is 19.3 Å². The van der Waals surface area contributed by atoms with E-state index in [0.29, 0.717) is 12.6 Å². The average Bonchev–Trinajstić information content (AvgIpc) is 3.36. The van der Waals surface area contributed by atoms with Gasteiger partial charge in [0.25, 0.3) is 0 Å². The first-order valence-corrected chi connectivity index (χ1v) is 9.85. The Bertz CT molecular complexity index is 513. The van der Waals surface area contributed by atoms with Gasteiger partial charge in [0.1, 0.15) is 0 Å². The normalized spacial score (nSPS) is 34.4. The van der Waals surface area contributed by atoms with Gasteiger partial charge in [-0.1, -0.05) is 6.42 Å². The molecule has 4 fully saturated rings. The highest BCUT2D eigenvalue weighted by molar-refractivity contribution is 5.83. The molecule has 1 aliphatic heterocycles. The molecule has 0 aromatic carbocycles. The van der Waals surface area contributed by atoms with Crippen LogP contribution in [0.2, 0.25) is 0 Å². The lowest BCUT2D eigenvalue weighted by molar-refractivity contribution is -0.177. The molecule has 3 saturated carbocycles. The zero-order valence-electron chi connectivity index (χ0n) is 14.8. The van der Waals surface area contributed by atoms with Crippen molar-refractivity contribution in [3.05, 3.63) is 0 Å². The van der Waals surface area contributed by atoms with Gasteiger partial charge in [0.2, 0.25) is 11.8 Å². The van der Waals surface area contributed by atoms with Crippen molar-refractivity contribution >= 4 is 11.8 Å². The number of piperidine rings is 1. The Morgan fingerprint density at radius 2 is 1.96 bits per heavy atom. The van der Waals surface area contributed by atoms with Crippen molar-refractivity contribution in [1.29, 1.82) is 0 Å². The summed E-state index contributed by atoms with van der Waals surface area (Å²) < 4.78 is 5.87. The number of nitrogens with zero attached hydrogens (tertiary/aromatic N) is 1. The van der Waals surface area contributed by atoms with E-state index in [-0.39, 0.29) is 35.1 Å². The van der Waals surface area contributed by atoms with Crippen molar-refractivity contribution in [3.8, 4) is 0 Å². The lowest BCUT2D eigenvalue weighted by Crippen LogP contribution is -2.68. The fraction of sp³-hybridized carbons (Fsp3) is 0.895. The first-order chi connectivity index (χ1) is 11.6. The van der Waals surface area contributed by atoms with Crippen molar-refractivity contribution in [3.63, 3.8) is 0 Å². The molecule has 3 atom stereocenters. The van der Waals surface area contributed by atoms with E-state index in [1.54, 1.807) is 0 Å². The second-order valence-corrected chi connectivity index (χ2v) is 8.23. The maximum absolute atomic E-state index is 12.8. The third-order valence-corrected chi connectivity index (χ3v) is 6.78. The van der Waals surface area contributed by atoms with Crippen LogP contribution < -0.4 is 5.32 Å². The molecule has 2 amide bonds. The van der Waals surface area contributed by atoms with Crippen molar-refractivity contribution in [2.45, 2.75) is 70.4 Å². The van der Waals surface area contributed by atoms with Gasteiger partial charge in [0.05, 0.1) is 12.0 Å². The summed E-state index contributed by atoms with van der Waals surface area (Å²) in [5, 5.41) is 3.31. The molecule has 134 valence electrons. The van der Waals surface area contributed by atoms with Gasteiger partial charge in [0.15, 0.2) is 0 Å². The topological polar surface area (TPSA) is 58.6 Å². The van der Waals surface area contributed by atoms with Crippen molar-refractivity contribution in [2.24, 2.45) is 17.3 Å². The molecule has 3 aliphatic carbocycles. The summed E-state index contributed by atoms with van der Waals surface area (Å²) in [5.74, 6) is 0.672. The molecular weight excluding hydrogens is 304 g/mol. The van der Waals surface area contributed by atoms with Gasteiger partial charge < -0.3 is 15.0 Å². The maximum atomic E-state index is 12.8. The SMILES string of the molecule is CCO[C@@H]1C[C@H](NC(=O)[C@H]2CCCN(C(=O)C3CC3)C2)C12CCC2. The second kappa shape index (κ2) is 6.32. The molecule has 4 aliphatic rings. The van der Waals surface area contributed by atoms with E-state index in [2.05, 4.69) is 5.32 Å². The van der Waals surface area contributed by atoms with Crippen LogP contribution in [0.15, 0.2) is 0 Å². The molecule has 24 heavy (non-hydrogen) atoms. The highest BCUT2D eigenvalue weighted by Crippen LogP contribution is 2.57. The van der Waals surface area contributed by atoms with Crippen LogP contribution in [0.4, 0.5) is 0 Å². The van der Waals surface area contributed by atoms with Crippen molar-refractivity contribution in [1.82, 2.24) is 10.2 Å². The highest BCUT2D eigenvalue weighted by Gasteiger charge is 2.59. The molecule has 5 nitrogen and oxygen atoms in total. The standard InChI is InChI=1S/C19H30N2O3/c1-2-24-16-11-15(19(16)8-4-9-19)20-17(22)14-5-3-10-21(12-14)18(23)13-6-7-13/h13-16H,2-12H2,1H3,(H,20,22)/t14-,15-,16+/m0/s1. The van der Waals surface area contributed by atoms with Gasteiger partial charge in [0, 0.05) is 37.1 Å². The van der Waals surface area contributed by atoms with Gasteiger partial charge in [-0.05, 0) is 51.9 Å². The van der Waals surface area contributed by atoms with Gasteiger partial charge in [-0.25, -0.2) is 0 Å². The molecule has 5 heteroatoms. The van der Waals surface area contributed by atoms with E-state index in [4.69, 9.17) is 4.74 Å². The highest BCUT2D eigenvalue weighted by atomic mass is 16.5. The molecule has 0 radical (unpaired) electrons. The Hall–Kier alpha value is -1.10. The minimum Gasteiger partial charge on any atom is -0.378 e. The summed E-state index contributed by atoms with van der Waals surface area (Å²) >= 11 is 0. The summed E-state index contributed by atoms with van der Waals surface area (Å²) in [6.07, 6.45) is 8.84. The van der Waals surface area contributed by atoms with Crippen LogP contribution in [-0.4, -0.2) is 48.6 Å². The predicted octanol–water partition coefficient (Wildman–Crippen LogP) is 2.10. The minimum atomic E-state index is -0.0234. The minimum absolute atomic E-state index is 0.0234. The van der Waals surface area contributed by atoms with Crippen LogP contribution >= 0.6 is 0 Å². The van der Waals surface area contributed by atoms with Gasteiger partial charge in [-0.2, -0.15) is 0 Å². The van der Waals surface area contributed by atoms with Crippen LogP contribution in [0.1, 0.15) is 58.3 Å². The number of hydrogen-bond acceptors (Lipinski definition) is 3. The molecule has 4 rings (SSSR count). The molecule has 0 aromatic heterocycles. The van der Waals surface area contributed by atoms with Crippen LogP contribution in [0.5, 0.6) is 0 Å². The van der Waals surface area contributed by atoms with Gasteiger partial charge >= 0.3 is 0 Å². The third kappa shape index (κ3) is 2.75. The number of hydrogen-bond donors (Lipinski definition) is 1. The van der Waals surface area contributed by atoms with Crippen LogP contribution in [0, 0.1) is 17.3 Å². The monoisotopic (exact) mass is 334 g/mol. The van der Waals surface area contributed by atoms with E-state index in [0.717, 1.165) is 45.3 Å². The summed E-state index contributed by atoms with van der Waals surface area (Å²) in [6.45, 7) is 4.26. The van der Waals surface area contributed by atoms with Gasteiger partial charge in [-0.15, -0.1) is 0 Å². The van der Waals surface area contributed by atoms with Crippen molar-refractivity contribution < 1.29 is 14.3 Å². The summed E-state index contributed by atoms with van der Waals surface area (Å²) in [4.78, 5) is 27.0. The molecule has 0 aromatic rings. The van der Waals surface area contributed by atoms with E-state index < -0.39 is 0 Å². The molecule has 1 heterocycles. The lowest BCUT2D eigenvalue weighted by Gasteiger charge is -2.61. The quantitative estimate of drug-likeness (QED) is 0.838. The summed E-state index contributed by atoms with van der Waals surface area (Å²) in [6, 6.07) is 0.282. The fourth-order valence-electron chi connectivity index (χ4n) is 4.91. The van der Waals surface area contributed by atoms with E-state index >= 15 is 0 Å². The maximum Gasteiger partial charge on any atom is 0.225 e. The Kier molecular flexibility index (Phi) is 4.31. The van der Waals surface area contributed by atoms with Gasteiger partial charge in [-0.3, -0.25) is 9.59 Å². The van der Waals surface area contributed by atoms with Crippen molar-refractivity contribution in [2.75, 3.05) is 19.7 Å². The molecule has 0 bridgehead atoms. The third-order valence-electron chi connectivity index (χ3n) is 6.78. The van der Waals surface area contributed by atoms with Crippen LogP contribution in [0.25, 0.3) is 0 Å². The number of amides is 2. The Morgan fingerprint density at radius 3 is 2.58 bits per heavy atom. The lowest BCUT2D eigenvalue weighted by atomic mass is 9.51. The predicted molar refractivity (Wildman–Crippen MR) is 90.3 cm³/mol. The number of carbonyl (C=O) groups is 2. The number of likely N-dealkylation sites (tertiary alicyclic amines) is 1. The number of carbonyl (C=O) groups excluding carboxylic acids is 2. The molecule has 0 unspecified atom stereocenters. The summed E-state index contributed by atoms with van der Waals surface area (Å²) in [7, 11) is 0. The zero-order valence-corrected chi connectivity index (χ0v) is 14.8. The Labute approximate surface area is 144 Å². The smallest absolute Gasteiger partial charge is 0.225 e. The number of ether oxygens (including phenoxy) is 1. The number of rotatable bonds is 5. The first-order valence-electron chi connectivity index (χ1n) is 9.85. The van der Waals surface area contributed by atoms with E-state index in [9.17, 15) is 9.59 Å². The molecule has 1 saturated heterocycles. The first kappa shape index (κ1) is 16.4. The van der Waals surface area contributed by atoms with E-state index in [1.807, 2.05) is 11.8 Å². The number of nitrogens with one attached hydrogen (secondary N) is 1. The molecule has 1 spiro atoms. The zero-order chi connectivity index (χ0) is 16.7. The molecular formula is C19H30N2O3. The van der Waals surface area contributed by atoms with Crippen LogP contribution in [-0.2, 0) is 14.3 Å². The Balaban J connectivity index is 1.32. The largest absolute Gasteiger partial charge is 0.378 e. The van der Waals surface area contributed by atoms with Crippen LogP contribution in [0.3, 0.4) is 0 Å². The molecule has 1 N–H and O–H groups in total. The fourth-order valence-corrected chi connectivity index (χ4v) is 4.91. The Morgan fingerprint density at radius 1 is 1.17 bits per heavy atom. The summed E-state index contributed by atoms with van der Waals surface area (Å²) in [5.41, 5.74) is 0.212.